The molecule has 1 aromatic rings. The van der Waals surface area contributed by atoms with Gasteiger partial charge in [0.1, 0.15) is 11.6 Å². The fraction of sp³-hybridized carbons (Fsp3) is 0.231. The Hall–Kier alpha value is -3.10. The quantitative estimate of drug-likeness (QED) is 0.429. The van der Waals surface area contributed by atoms with Gasteiger partial charge in [-0.1, -0.05) is 6.07 Å². The van der Waals surface area contributed by atoms with E-state index in [1.165, 1.54) is 19.2 Å². The summed E-state index contributed by atoms with van der Waals surface area (Å²) < 4.78 is 0. The lowest BCUT2D eigenvalue weighted by Gasteiger charge is -2.19. The second kappa shape index (κ2) is 4.45. The van der Waals surface area contributed by atoms with Gasteiger partial charge in [0.2, 0.25) is 5.91 Å². The highest BCUT2D eigenvalue weighted by molar-refractivity contribution is 6.25. The molecule has 0 spiro atoms. The van der Waals surface area contributed by atoms with Crippen LogP contribution in [0.1, 0.15) is 27.1 Å². The summed E-state index contributed by atoms with van der Waals surface area (Å²) in [4.78, 5) is 60.0. The zero-order valence-electron chi connectivity index (χ0n) is 11.3. The highest BCUT2D eigenvalue weighted by Crippen LogP contribution is 2.33. The molecule has 0 saturated carbocycles. The lowest BCUT2D eigenvalue weighted by molar-refractivity contribution is -0.385. The molecule has 0 aromatic heterocycles. The van der Waals surface area contributed by atoms with Crippen LogP contribution in [0.2, 0.25) is 0 Å². The third kappa shape index (κ3) is 1.65. The van der Waals surface area contributed by atoms with Gasteiger partial charge in [-0.15, -0.1) is 0 Å². The number of imide groups is 2. The summed E-state index contributed by atoms with van der Waals surface area (Å²) in [5, 5.41) is 11.0. The van der Waals surface area contributed by atoms with E-state index in [-0.39, 0.29) is 17.5 Å². The number of likely N-dealkylation sites (tertiary alicyclic amines) is 1. The molecule has 1 aromatic carbocycles. The largest absolute Gasteiger partial charge is 0.284 e. The van der Waals surface area contributed by atoms with Crippen molar-refractivity contribution in [2.24, 2.45) is 0 Å². The fourth-order valence-electron chi connectivity index (χ4n) is 2.66. The van der Waals surface area contributed by atoms with E-state index >= 15 is 0 Å². The summed E-state index contributed by atoms with van der Waals surface area (Å²) in [5.41, 5.74) is -0.968. The molecule has 4 amide bonds. The van der Waals surface area contributed by atoms with Gasteiger partial charge in [0.05, 0.1) is 16.9 Å². The van der Waals surface area contributed by atoms with Gasteiger partial charge in [0.15, 0.2) is 0 Å². The number of likely N-dealkylation sites (N-methyl/N-ethyl adjacent to an activating group) is 1. The molecule has 1 unspecified atom stereocenters. The number of rotatable bonds is 2. The minimum absolute atomic E-state index is 0.131. The molecule has 0 bridgehead atoms. The lowest BCUT2D eigenvalue weighted by Crippen LogP contribution is -2.44. The number of carbonyl (C=O) groups excluding carboxylic acids is 4. The Kier molecular flexibility index (Phi) is 2.80. The van der Waals surface area contributed by atoms with Crippen molar-refractivity contribution in [1.82, 2.24) is 9.80 Å². The van der Waals surface area contributed by atoms with E-state index in [1.54, 1.807) is 0 Å². The summed E-state index contributed by atoms with van der Waals surface area (Å²) in [6, 6.07) is 2.44. The Balaban J connectivity index is 2.08. The first-order chi connectivity index (χ1) is 10.3. The molecule has 1 atom stereocenters. The number of amides is 4. The average Bonchev–Trinajstić information content (AvgIpc) is 2.88. The van der Waals surface area contributed by atoms with Crippen LogP contribution in [-0.4, -0.2) is 51.4 Å². The maximum atomic E-state index is 12.4. The van der Waals surface area contributed by atoms with Crippen LogP contribution in [0.5, 0.6) is 0 Å². The van der Waals surface area contributed by atoms with Gasteiger partial charge in [-0.3, -0.25) is 39.1 Å². The van der Waals surface area contributed by atoms with Gasteiger partial charge in [-0.25, -0.2) is 0 Å². The first-order valence-electron chi connectivity index (χ1n) is 6.30. The van der Waals surface area contributed by atoms with E-state index in [4.69, 9.17) is 0 Å². The van der Waals surface area contributed by atoms with E-state index in [0.717, 1.165) is 11.0 Å². The maximum Gasteiger partial charge on any atom is 0.282 e. The van der Waals surface area contributed by atoms with E-state index in [0.29, 0.717) is 4.90 Å². The molecule has 3 rings (SSSR count). The third-order valence-electron chi connectivity index (χ3n) is 3.79. The maximum absolute atomic E-state index is 12.4. The first kappa shape index (κ1) is 13.9. The number of hydrogen-bond acceptors (Lipinski definition) is 6. The molecule has 1 saturated heterocycles. The van der Waals surface area contributed by atoms with Gasteiger partial charge in [0.25, 0.3) is 23.4 Å². The number of benzene rings is 1. The standard InChI is InChI=1S/C13H9N3O6/c1-14-9(17)5-8(12(14)19)15-11(18)6-3-2-4-7(16(21)22)10(6)13(15)20/h2-4,8H,5H2,1H3. The second-order valence-corrected chi connectivity index (χ2v) is 4.95. The van der Waals surface area contributed by atoms with Gasteiger partial charge >= 0.3 is 0 Å². The average molecular weight is 303 g/mol. The van der Waals surface area contributed by atoms with Gasteiger partial charge in [0, 0.05) is 13.1 Å². The summed E-state index contributed by atoms with van der Waals surface area (Å²) >= 11 is 0. The third-order valence-corrected chi connectivity index (χ3v) is 3.79. The predicted octanol–water partition coefficient (Wildman–Crippen LogP) is -0.0519. The van der Waals surface area contributed by atoms with Crippen LogP contribution in [0, 0.1) is 10.1 Å². The molecule has 0 aliphatic carbocycles. The number of nitro groups is 1. The summed E-state index contributed by atoms with van der Waals surface area (Å²) in [6.45, 7) is 0. The molecule has 2 aliphatic rings. The molecule has 0 N–H and O–H groups in total. The van der Waals surface area contributed by atoms with Crippen LogP contribution in [0.25, 0.3) is 0 Å². The van der Waals surface area contributed by atoms with Crippen LogP contribution in [0.15, 0.2) is 18.2 Å². The number of nitrogens with zero attached hydrogens (tertiary/aromatic N) is 3. The van der Waals surface area contributed by atoms with Crippen molar-refractivity contribution in [2.45, 2.75) is 12.5 Å². The fourth-order valence-corrected chi connectivity index (χ4v) is 2.66. The van der Waals surface area contributed by atoms with E-state index in [9.17, 15) is 29.3 Å². The van der Waals surface area contributed by atoms with Gasteiger partial charge in [-0.2, -0.15) is 0 Å². The molecule has 2 aliphatic heterocycles. The highest BCUT2D eigenvalue weighted by atomic mass is 16.6. The Morgan fingerprint density at radius 3 is 2.41 bits per heavy atom. The number of fused-ring (bicyclic) bond motifs is 1. The Morgan fingerprint density at radius 2 is 1.86 bits per heavy atom. The molecule has 9 heteroatoms. The number of nitro benzene ring substituents is 1. The van der Waals surface area contributed by atoms with Crippen LogP contribution >= 0.6 is 0 Å². The van der Waals surface area contributed by atoms with E-state index < -0.39 is 40.3 Å². The molecule has 1 fully saturated rings. The van der Waals surface area contributed by atoms with Crippen molar-refractivity contribution >= 4 is 29.3 Å². The van der Waals surface area contributed by atoms with E-state index in [2.05, 4.69) is 0 Å². The minimum atomic E-state index is -1.25. The summed E-state index contributed by atoms with van der Waals surface area (Å²) in [6.07, 6.45) is -0.311. The summed E-state index contributed by atoms with van der Waals surface area (Å²) in [7, 11) is 1.26. The topological polar surface area (TPSA) is 118 Å². The normalized spacial score (nSPS) is 20.9. The Morgan fingerprint density at radius 1 is 1.18 bits per heavy atom. The molecule has 2 heterocycles. The SMILES string of the molecule is CN1C(=O)CC(N2C(=O)c3cccc([N+](=O)[O-])c3C2=O)C1=O. The highest BCUT2D eigenvalue weighted by Gasteiger charge is 2.50. The van der Waals surface area contributed by atoms with Crippen LogP contribution in [0.4, 0.5) is 5.69 Å². The monoisotopic (exact) mass is 303 g/mol. The van der Waals surface area contributed by atoms with E-state index in [1.807, 2.05) is 0 Å². The summed E-state index contributed by atoms with van der Waals surface area (Å²) in [5.74, 6) is -2.91. The Bertz CT molecular complexity index is 771. The van der Waals surface area contributed by atoms with Crippen molar-refractivity contribution in [3.05, 3.63) is 39.4 Å². The second-order valence-electron chi connectivity index (χ2n) is 4.95. The molecule has 0 radical (unpaired) electrons. The van der Waals surface area contributed by atoms with Crippen LogP contribution < -0.4 is 0 Å². The van der Waals surface area contributed by atoms with Gasteiger partial charge in [-0.05, 0) is 6.07 Å². The van der Waals surface area contributed by atoms with Crippen molar-refractivity contribution in [3.63, 3.8) is 0 Å². The molecule has 22 heavy (non-hydrogen) atoms. The van der Waals surface area contributed by atoms with Crippen molar-refractivity contribution in [1.29, 1.82) is 0 Å². The minimum Gasteiger partial charge on any atom is -0.284 e. The van der Waals surface area contributed by atoms with Gasteiger partial charge < -0.3 is 0 Å². The van der Waals surface area contributed by atoms with Crippen molar-refractivity contribution in [3.8, 4) is 0 Å². The van der Waals surface area contributed by atoms with Crippen LogP contribution in [0.3, 0.4) is 0 Å². The Labute approximate surface area is 123 Å². The molecular weight excluding hydrogens is 294 g/mol. The van der Waals surface area contributed by atoms with Crippen LogP contribution in [-0.2, 0) is 9.59 Å². The number of hydrogen-bond donors (Lipinski definition) is 0. The lowest BCUT2D eigenvalue weighted by atomic mass is 10.1. The zero-order chi connectivity index (χ0) is 16.2. The van der Waals surface area contributed by atoms with Crippen molar-refractivity contribution < 1.29 is 24.1 Å². The number of carbonyl (C=O) groups is 4. The smallest absolute Gasteiger partial charge is 0.282 e. The molecule has 9 nitrogen and oxygen atoms in total. The molecular formula is C13H9N3O6. The predicted molar refractivity (Wildman–Crippen MR) is 69.8 cm³/mol. The zero-order valence-corrected chi connectivity index (χ0v) is 11.3. The molecule has 112 valence electrons. The van der Waals surface area contributed by atoms with Crippen molar-refractivity contribution in [2.75, 3.05) is 7.05 Å². The first-order valence-corrected chi connectivity index (χ1v) is 6.30.